The highest BCUT2D eigenvalue weighted by molar-refractivity contribution is 6.36. The summed E-state index contributed by atoms with van der Waals surface area (Å²) in [6.45, 7) is 4.59. The zero-order valence-corrected chi connectivity index (χ0v) is 12.3. The first-order valence-electron chi connectivity index (χ1n) is 6.13. The van der Waals surface area contributed by atoms with Gasteiger partial charge in [0.1, 0.15) is 5.69 Å². The van der Waals surface area contributed by atoms with Crippen LogP contribution in [0.2, 0.25) is 10.0 Å². The molecule has 0 atom stereocenters. The highest BCUT2D eigenvalue weighted by Gasteiger charge is 2.18. The molecule has 5 heteroatoms. The molecule has 0 spiro atoms. The average molecular weight is 297 g/mol. The van der Waals surface area contributed by atoms with Gasteiger partial charge in [0.2, 0.25) is 5.78 Å². The maximum absolute atomic E-state index is 12.5. The van der Waals surface area contributed by atoms with Crippen LogP contribution >= 0.6 is 23.2 Å². The van der Waals surface area contributed by atoms with Gasteiger partial charge in [-0.1, -0.05) is 30.1 Å². The van der Waals surface area contributed by atoms with Crippen LogP contribution in [0.3, 0.4) is 0 Å². The summed E-state index contributed by atoms with van der Waals surface area (Å²) < 4.78 is 1.69. The highest BCUT2D eigenvalue weighted by atomic mass is 35.5. The Morgan fingerprint density at radius 1 is 1.26 bits per heavy atom. The minimum Gasteiger partial charge on any atom is -0.287 e. The van der Waals surface area contributed by atoms with E-state index in [1.54, 1.807) is 22.9 Å². The predicted octanol–water partition coefficient (Wildman–Crippen LogP) is 4.00. The molecular weight excluding hydrogens is 283 g/mol. The van der Waals surface area contributed by atoms with Crippen molar-refractivity contribution in [2.75, 3.05) is 0 Å². The topological polar surface area (TPSA) is 34.9 Å². The minimum atomic E-state index is -0.151. The van der Waals surface area contributed by atoms with Crippen molar-refractivity contribution in [2.45, 2.75) is 26.8 Å². The van der Waals surface area contributed by atoms with Crippen molar-refractivity contribution in [3.63, 3.8) is 0 Å². The summed E-state index contributed by atoms with van der Waals surface area (Å²) in [6, 6.07) is 6.69. The lowest BCUT2D eigenvalue weighted by Gasteiger charge is -2.06. The van der Waals surface area contributed by atoms with Crippen LogP contribution in [0, 0.1) is 0 Å². The zero-order chi connectivity index (χ0) is 14.0. The lowest BCUT2D eigenvalue weighted by Crippen LogP contribution is -2.11. The molecule has 0 aliphatic rings. The van der Waals surface area contributed by atoms with E-state index >= 15 is 0 Å². The second-order valence-electron chi connectivity index (χ2n) is 4.14. The molecule has 1 aromatic carbocycles. The van der Waals surface area contributed by atoms with Crippen LogP contribution in [0.4, 0.5) is 0 Å². The molecule has 19 heavy (non-hydrogen) atoms. The van der Waals surface area contributed by atoms with Crippen LogP contribution in [0.1, 0.15) is 35.6 Å². The normalized spacial score (nSPS) is 10.7. The van der Waals surface area contributed by atoms with E-state index in [0.717, 1.165) is 12.1 Å². The Kier molecular flexibility index (Phi) is 4.27. The van der Waals surface area contributed by atoms with Gasteiger partial charge < -0.3 is 0 Å². The van der Waals surface area contributed by atoms with Crippen molar-refractivity contribution in [1.29, 1.82) is 0 Å². The molecule has 0 aliphatic carbocycles. The molecule has 1 heterocycles. The highest BCUT2D eigenvalue weighted by Crippen LogP contribution is 2.23. The quantitative estimate of drug-likeness (QED) is 0.799. The van der Waals surface area contributed by atoms with E-state index in [1.165, 1.54) is 0 Å². The minimum absolute atomic E-state index is 0.151. The monoisotopic (exact) mass is 296 g/mol. The van der Waals surface area contributed by atoms with Crippen molar-refractivity contribution in [2.24, 2.45) is 0 Å². The van der Waals surface area contributed by atoms with Crippen LogP contribution in [-0.4, -0.2) is 15.6 Å². The molecule has 1 aromatic heterocycles. The summed E-state index contributed by atoms with van der Waals surface area (Å²) >= 11 is 12.0. The number of aromatic nitrogens is 2. The molecule has 0 saturated heterocycles. The molecule has 0 amide bonds. The lowest BCUT2D eigenvalue weighted by atomic mass is 10.1. The maximum Gasteiger partial charge on any atom is 0.212 e. The number of benzene rings is 1. The van der Waals surface area contributed by atoms with E-state index in [2.05, 4.69) is 5.10 Å². The van der Waals surface area contributed by atoms with Gasteiger partial charge in [-0.25, -0.2) is 0 Å². The van der Waals surface area contributed by atoms with Crippen LogP contribution in [0.15, 0.2) is 24.3 Å². The molecule has 0 N–H and O–H groups in total. The third kappa shape index (κ3) is 2.82. The molecule has 0 unspecified atom stereocenters. The van der Waals surface area contributed by atoms with Gasteiger partial charge in [0.05, 0.1) is 10.7 Å². The molecule has 0 radical (unpaired) electrons. The van der Waals surface area contributed by atoms with Gasteiger partial charge in [0.25, 0.3) is 0 Å². The van der Waals surface area contributed by atoms with Crippen molar-refractivity contribution in [3.8, 4) is 0 Å². The molecule has 0 fully saturated rings. The summed E-state index contributed by atoms with van der Waals surface area (Å²) in [7, 11) is 0. The number of aryl methyl sites for hydroxylation is 2. The second kappa shape index (κ2) is 5.76. The third-order valence-electron chi connectivity index (χ3n) is 2.90. The van der Waals surface area contributed by atoms with Gasteiger partial charge in [-0.3, -0.25) is 9.48 Å². The Morgan fingerprint density at radius 3 is 2.63 bits per heavy atom. The van der Waals surface area contributed by atoms with Gasteiger partial charge in [-0.15, -0.1) is 0 Å². The Labute approximate surface area is 122 Å². The van der Waals surface area contributed by atoms with E-state index in [9.17, 15) is 4.79 Å². The standard InChI is InChI=1S/C14H14Cl2N2O/c1-3-10-8-13(18(4-2)17-10)14(19)11-7-9(15)5-6-12(11)16/h5-8H,3-4H2,1-2H3. The molecule has 100 valence electrons. The summed E-state index contributed by atoms with van der Waals surface area (Å²) in [5.74, 6) is -0.151. The Balaban J connectivity index is 2.49. The first kappa shape index (κ1) is 14.1. The van der Waals surface area contributed by atoms with E-state index in [-0.39, 0.29) is 5.78 Å². The first-order valence-corrected chi connectivity index (χ1v) is 6.88. The van der Waals surface area contributed by atoms with Crippen LogP contribution in [-0.2, 0) is 13.0 Å². The van der Waals surface area contributed by atoms with Crippen LogP contribution in [0.5, 0.6) is 0 Å². The van der Waals surface area contributed by atoms with E-state index in [4.69, 9.17) is 23.2 Å². The molecule has 0 bridgehead atoms. The summed E-state index contributed by atoms with van der Waals surface area (Å²) in [5.41, 5.74) is 1.85. The summed E-state index contributed by atoms with van der Waals surface area (Å²) in [5, 5.41) is 5.26. The van der Waals surface area contributed by atoms with Crippen LogP contribution < -0.4 is 0 Å². The summed E-state index contributed by atoms with van der Waals surface area (Å²) in [6.07, 6.45) is 0.788. The van der Waals surface area contributed by atoms with Gasteiger partial charge in [-0.2, -0.15) is 5.10 Å². The molecule has 2 rings (SSSR count). The van der Waals surface area contributed by atoms with Gasteiger partial charge in [0, 0.05) is 17.1 Å². The maximum atomic E-state index is 12.5. The van der Waals surface area contributed by atoms with Crippen molar-refractivity contribution in [3.05, 3.63) is 51.3 Å². The summed E-state index contributed by atoms with van der Waals surface area (Å²) in [4.78, 5) is 12.5. The number of halogens is 2. The zero-order valence-electron chi connectivity index (χ0n) is 10.8. The Hall–Kier alpha value is -1.32. The number of carbonyl (C=O) groups is 1. The molecule has 3 nitrogen and oxygen atoms in total. The Bertz CT molecular complexity index is 620. The smallest absolute Gasteiger partial charge is 0.212 e. The van der Waals surface area contributed by atoms with Gasteiger partial charge >= 0.3 is 0 Å². The number of ketones is 1. The van der Waals surface area contributed by atoms with Crippen LogP contribution in [0.25, 0.3) is 0 Å². The molecule has 0 aliphatic heterocycles. The fourth-order valence-electron chi connectivity index (χ4n) is 1.88. The number of carbonyl (C=O) groups excluding carboxylic acids is 1. The predicted molar refractivity (Wildman–Crippen MR) is 77.2 cm³/mol. The molecule has 0 saturated carbocycles. The van der Waals surface area contributed by atoms with Crippen molar-refractivity contribution >= 4 is 29.0 Å². The SMILES string of the molecule is CCc1cc(C(=O)c2cc(Cl)ccc2Cl)n(CC)n1. The largest absolute Gasteiger partial charge is 0.287 e. The van der Waals surface area contributed by atoms with E-state index in [1.807, 2.05) is 19.9 Å². The van der Waals surface area contributed by atoms with Gasteiger partial charge in [0.15, 0.2) is 0 Å². The number of rotatable bonds is 4. The van der Waals surface area contributed by atoms with Gasteiger partial charge in [-0.05, 0) is 37.6 Å². The van der Waals surface area contributed by atoms with E-state index in [0.29, 0.717) is 27.8 Å². The van der Waals surface area contributed by atoms with Crippen molar-refractivity contribution < 1.29 is 4.79 Å². The lowest BCUT2D eigenvalue weighted by molar-refractivity contribution is 0.102. The van der Waals surface area contributed by atoms with Crippen molar-refractivity contribution in [1.82, 2.24) is 9.78 Å². The molecular formula is C14H14Cl2N2O. The fraction of sp³-hybridized carbons (Fsp3) is 0.286. The molecule has 2 aromatic rings. The fourth-order valence-corrected chi connectivity index (χ4v) is 2.25. The van der Waals surface area contributed by atoms with E-state index < -0.39 is 0 Å². The number of hydrogen-bond donors (Lipinski definition) is 0. The Morgan fingerprint density at radius 2 is 2.00 bits per heavy atom. The number of hydrogen-bond acceptors (Lipinski definition) is 2. The first-order chi connectivity index (χ1) is 9.06. The second-order valence-corrected chi connectivity index (χ2v) is 4.99. The third-order valence-corrected chi connectivity index (χ3v) is 3.46. The average Bonchev–Trinajstić information content (AvgIpc) is 2.84. The number of nitrogens with zero attached hydrogens (tertiary/aromatic N) is 2.